The number of nitrogen functional groups attached to an aromatic ring is 1. The van der Waals surface area contributed by atoms with Gasteiger partial charge in [0.15, 0.2) is 5.65 Å². The fourth-order valence-electron chi connectivity index (χ4n) is 2.18. The van der Waals surface area contributed by atoms with Crippen molar-refractivity contribution in [1.82, 2.24) is 19.7 Å². The highest BCUT2D eigenvalue weighted by molar-refractivity contribution is 5.75. The van der Waals surface area contributed by atoms with Crippen molar-refractivity contribution in [2.75, 3.05) is 12.3 Å². The highest BCUT2D eigenvalue weighted by Crippen LogP contribution is 2.17. The molecule has 0 spiro atoms. The first-order valence-corrected chi connectivity index (χ1v) is 6.88. The molecule has 1 unspecified atom stereocenters. The Morgan fingerprint density at radius 1 is 1.24 bits per heavy atom. The maximum absolute atomic E-state index is 5.76. The van der Waals surface area contributed by atoms with Gasteiger partial charge in [-0.2, -0.15) is 4.73 Å². The Bertz CT molecular complexity index is 740. The van der Waals surface area contributed by atoms with Crippen LogP contribution in [-0.4, -0.2) is 26.3 Å². The van der Waals surface area contributed by atoms with E-state index in [-0.39, 0.29) is 5.92 Å². The number of nitrogens with two attached hydrogens (primary N) is 1. The van der Waals surface area contributed by atoms with Crippen molar-refractivity contribution in [2.24, 2.45) is 0 Å². The van der Waals surface area contributed by atoms with Gasteiger partial charge in [0.1, 0.15) is 6.61 Å². The first-order chi connectivity index (χ1) is 10.2. The Balaban J connectivity index is 1.61. The molecule has 0 aliphatic rings. The molecule has 0 fully saturated rings. The highest BCUT2D eigenvalue weighted by Gasteiger charge is 2.09. The van der Waals surface area contributed by atoms with E-state index in [2.05, 4.69) is 21.9 Å². The summed E-state index contributed by atoms with van der Waals surface area (Å²) in [5.74, 6) is 0.561. The second-order valence-electron chi connectivity index (χ2n) is 4.92. The molecule has 0 saturated heterocycles. The second kappa shape index (κ2) is 5.78. The van der Waals surface area contributed by atoms with Crippen LogP contribution in [0.1, 0.15) is 25.0 Å². The Hall–Kier alpha value is -2.63. The quantitative estimate of drug-likeness (QED) is 0.775. The summed E-state index contributed by atoms with van der Waals surface area (Å²) in [6, 6.07) is 7.78. The van der Waals surface area contributed by atoms with E-state index >= 15 is 0 Å². The maximum atomic E-state index is 5.76. The first-order valence-electron chi connectivity index (χ1n) is 6.88. The van der Waals surface area contributed by atoms with Crippen molar-refractivity contribution in [3.63, 3.8) is 0 Å². The molecule has 21 heavy (non-hydrogen) atoms. The molecular weight excluding hydrogens is 266 g/mol. The average molecular weight is 283 g/mol. The van der Waals surface area contributed by atoms with Crippen molar-refractivity contribution >= 4 is 17.0 Å². The molecular formula is C15H17N5O. The van der Waals surface area contributed by atoms with Crippen LogP contribution in [-0.2, 0) is 0 Å². The lowest BCUT2D eigenvalue weighted by Crippen LogP contribution is -2.14. The summed E-state index contributed by atoms with van der Waals surface area (Å²) < 4.78 is 1.70. The number of aromatic nitrogens is 4. The fourth-order valence-corrected chi connectivity index (χ4v) is 2.18. The standard InChI is InChI=1S/C15H17N5O/c1-11(13-4-8-18-15(16)19-13)6-10-21-20-9-5-12-3-2-7-17-14(12)20/h2-5,7-9,11H,6,10H2,1H3,(H2,16,18,19). The molecule has 3 heterocycles. The molecule has 0 amide bonds. The zero-order valence-corrected chi connectivity index (χ0v) is 11.8. The summed E-state index contributed by atoms with van der Waals surface area (Å²) in [5.41, 5.74) is 7.36. The molecule has 1 atom stereocenters. The van der Waals surface area contributed by atoms with Crippen LogP contribution >= 0.6 is 0 Å². The smallest absolute Gasteiger partial charge is 0.220 e. The molecule has 0 radical (unpaired) electrons. The van der Waals surface area contributed by atoms with Gasteiger partial charge in [-0.25, -0.2) is 15.0 Å². The molecule has 3 aromatic heterocycles. The average Bonchev–Trinajstić information content (AvgIpc) is 2.91. The Kier molecular flexibility index (Phi) is 3.68. The number of hydrogen-bond acceptors (Lipinski definition) is 5. The molecule has 0 aliphatic heterocycles. The van der Waals surface area contributed by atoms with Gasteiger partial charge in [0.25, 0.3) is 0 Å². The Labute approximate surface area is 122 Å². The predicted octanol–water partition coefficient (Wildman–Crippen LogP) is 2.03. The van der Waals surface area contributed by atoms with E-state index in [0.29, 0.717) is 12.6 Å². The molecule has 0 aromatic carbocycles. The van der Waals surface area contributed by atoms with Crippen molar-refractivity contribution in [1.29, 1.82) is 0 Å². The second-order valence-corrected chi connectivity index (χ2v) is 4.92. The van der Waals surface area contributed by atoms with Crippen molar-refractivity contribution in [3.05, 3.63) is 48.5 Å². The summed E-state index contributed by atoms with van der Waals surface area (Å²) in [6.07, 6.45) is 6.15. The fraction of sp³-hybridized carbons (Fsp3) is 0.267. The number of anilines is 1. The zero-order valence-electron chi connectivity index (χ0n) is 11.8. The minimum atomic E-state index is 0.255. The molecule has 6 heteroatoms. The van der Waals surface area contributed by atoms with E-state index in [4.69, 9.17) is 10.6 Å². The molecule has 108 valence electrons. The van der Waals surface area contributed by atoms with E-state index in [0.717, 1.165) is 23.1 Å². The largest absolute Gasteiger partial charge is 0.412 e. The summed E-state index contributed by atoms with van der Waals surface area (Å²) in [7, 11) is 0. The lowest BCUT2D eigenvalue weighted by Gasteiger charge is -2.12. The summed E-state index contributed by atoms with van der Waals surface area (Å²) in [6.45, 7) is 2.67. The van der Waals surface area contributed by atoms with Crippen LogP contribution in [0, 0.1) is 0 Å². The van der Waals surface area contributed by atoms with Gasteiger partial charge < -0.3 is 10.6 Å². The van der Waals surface area contributed by atoms with Gasteiger partial charge in [0.2, 0.25) is 5.95 Å². The van der Waals surface area contributed by atoms with Crippen LogP contribution < -0.4 is 10.6 Å². The van der Waals surface area contributed by atoms with Gasteiger partial charge in [0.05, 0.1) is 0 Å². The van der Waals surface area contributed by atoms with E-state index in [1.165, 1.54) is 0 Å². The monoisotopic (exact) mass is 283 g/mol. The SMILES string of the molecule is CC(CCOn1ccc2cccnc21)c1ccnc(N)n1. The molecule has 0 saturated carbocycles. The number of fused-ring (bicyclic) bond motifs is 1. The summed E-state index contributed by atoms with van der Waals surface area (Å²) in [4.78, 5) is 18.2. The zero-order chi connectivity index (χ0) is 14.7. The van der Waals surface area contributed by atoms with Crippen LogP contribution in [0.2, 0.25) is 0 Å². The van der Waals surface area contributed by atoms with E-state index in [1.54, 1.807) is 17.1 Å². The van der Waals surface area contributed by atoms with Gasteiger partial charge in [0, 0.05) is 35.6 Å². The van der Waals surface area contributed by atoms with E-state index in [1.807, 2.05) is 30.5 Å². The topological polar surface area (TPSA) is 78.8 Å². The van der Waals surface area contributed by atoms with Crippen LogP contribution in [0.5, 0.6) is 0 Å². The van der Waals surface area contributed by atoms with Gasteiger partial charge in [-0.15, -0.1) is 0 Å². The predicted molar refractivity (Wildman–Crippen MR) is 80.7 cm³/mol. The molecule has 3 aromatic rings. The Morgan fingerprint density at radius 3 is 3.00 bits per heavy atom. The van der Waals surface area contributed by atoms with Gasteiger partial charge >= 0.3 is 0 Å². The Morgan fingerprint density at radius 2 is 2.14 bits per heavy atom. The molecule has 0 aliphatic carbocycles. The van der Waals surface area contributed by atoms with Crippen LogP contribution in [0.25, 0.3) is 11.0 Å². The van der Waals surface area contributed by atoms with Crippen molar-refractivity contribution < 1.29 is 4.84 Å². The van der Waals surface area contributed by atoms with E-state index < -0.39 is 0 Å². The van der Waals surface area contributed by atoms with Gasteiger partial charge in [-0.3, -0.25) is 0 Å². The molecule has 2 N–H and O–H groups in total. The molecule has 3 rings (SSSR count). The minimum Gasteiger partial charge on any atom is -0.412 e. The summed E-state index contributed by atoms with van der Waals surface area (Å²) in [5, 5.41) is 1.06. The molecule has 6 nitrogen and oxygen atoms in total. The lowest BCUT2D eigenvalue weighted by molar-refractivity contribution is 0.113. The third-order valence-corrected chi connectivity index (χ3v) is 3.40. The third-order valence-electron chi connectivity index (χ3n) is 3.40. The van der Waals surface area contributed by atoms with Crippen LogP contribution in [0.3, 0.4) is 0 Å². The van der Waals surface area contributed by atoms with Gasteiger partial charge in [-0.05, 0) is 30.7 Å². The molecule has 0 bridgehead atoms. The van der Waals surface area contributed by atoms with Crippen LogP contribution in [0.4, 0.5) is 5.95 Å². The van der Waals surface area contributed by atoms with Gasteiger partial charge in [-0.1, -0.05) is 6.92 Å². The summed E-state index contributed by atoms with van der Waals surface area (Å²) >= 11 is 0. The third kappa shape index (κ3) is 2.94. The highest BCUT2D eigenvalue weighted by atomic mass is 16.7. The number of nitrogens with zero attached hydrogens (tertiary/aromatic N) is 4. The normalized spacial score (nSPS) is 12.4. The van der Waals surface area contributed by atoms with Crippen molar-refractivity contribution in [3.8, 4) is 0 Å². The van der Waals surface area contributed by atoms with Crippen molar-refractivity contribution in [2.45, 2.75) is 19.3 Å². The maximum Gasteiger partial charge on any atom is 0.220 e. The van der Waals surface area contributed by atoms with Crippen LogP contribution in [0.15, 0.2) is 42.9 Å². The first kappa shape index (κ1) is 13.4. The number of pyridine rings is 1. The van der Waals surface area contributed by atoms with E-state index in [9.17, 15) is 0 Å². The number of rotatable bonds is 5. The lowest BCUT2D eigenvalue weighted by atomic mass is 10.0. The number of hydrogen-bond donors (Lipinski definition) is 1. The minimum absolute atomic E-state index is 0.255.